The normalized spacial score (nSPS) is 11.5. The van der Waals surface area contributed by atoms with Crippen LogP contribution in [0.1, 0.15) is 48.5 Å². The van der Waals surface area contributed by atoms with Gasteiger partial charge in [-0.05, 0) is 40.3 Å². The van der Waals surface area contributed by atoms with Gasteiger partial charge in [-0.1, -0.05) is 21.3 Å². The molecule has 0 saturated heterocycles. The first-order valence-corrected chi connectivity index (χ1v) is 4.27. The van der Waals surface area contributed by atoms with E-state index in [0.717, 1.165) is 6.54 Å². The molecule has 70 valence electrons. The molecule has 0 saturated carbocycles. The van der Waals surface area contributed by atoms with Gasteiger partial charge in [0.05, 0.1) is 0 Å². The summed E-state index contributed by atoms with van der Waals surface area (Å²) in [5.41, 5.74) is 0.352. The average Bonchev–Trinajstić information content (AvgIpc) is 1.80. The Balaban J connectivity index is 0. The second-order valence-electron chi connectivity index (χ2n) is 3.75. The molecule has 0 atom stereocenters. The maximum Gasteiger partial charge on any atom is 0.0124 e. The molecular weight excluding hydrogens is 134 g/mol. The fraction of sp³-hybridized carbons (Fsp3) is 1.00. The van der Waals surface area contributed by atoms with Gasteiger partial charge in [-0.3, -0.25) is 4.90 Å². The molecule has 0 heterocycles. The highest BCUT2D eigenvalue weighted by Crippen LogP contribution is 2.12. The summed E-state index contributed by atoms with van der Waals surface area (Å²) < 4.78 is 0. The van der Waals surface area contributed by atoms with E-state index < -0.39 is 0 Å². The topological polar surface area (TPSA) is 3.24 Å². The van der Waals surface area contributed by atoms with Crippen LogP contribution in [0.3, 0.4) is 0 Å². The van der Waals surface area contributed by atoms with Crippen LogP contribution in [0, 0.1) is 0 Å². The zero-order valence-electron chi connectivity index (χ0n) is 8.07. The number of hydrogen-bond acceptors (Lipinski definition) is 1. The van der Waals surface area contributed by atoms with E-state index in [4.69, 9.17) is 0 Å². The third-order valence-corrected chi connectivity index (χ3v) is 1.82. The quantitative estimate of drug-likeness (QED) is 0.611. The molecule has 0 aliphatic rings. The van der Waals surface area contributed by atoms with Crippen LogP contribution in [0.5, 0.6) is 0 Å². The monoisotopic (exact) mass is 159 g/mol. The van der Waals surface area contributed by atoms with Gasteiger partial charge in [0.15, 0.2) is 0 Å². The number of hydrogen-bond donors (Lipinski definition) is 0. The van der Waals surface area contributed by atoms with Crippen molar-refractivity contribution in [3.05, 3.63) is 0 Å². The molecule has 0 aromatic heterocycles. The summed E-state index contributed by atoms with van der Waals surface area (Å²) in [4.78, 5) is 2.49. The predicted octanol–water partition coefficient (Wildman–Crippen LogP) is 3.15. The van der Waals surface area contributed by atoms with E-state index in [1.165, 1.54) is 13.0 Å². The summed E-state index contributed by atoms with van der Waals surface area (Å²) in [7, 11) is 0. The fourth-order valence-corrected chi connectivity index (χ4v) is 1.24. The van der Waals surface area contributed by atoms with Crippen molar-refractivity contribution in [2.45, 2.75) is 54.0 Å². The van der Waals surface area contributed by atoms with Gasteiger partial charge in [0.2, 0.25) is 0 Å². The van der Waals surface area contributed by atoms with Gasteiger partial charge in [0.1, 0.15) is 0 Å². The zero-order valence-corrected chi connectivity index (χ0v) is 8.07. The highest BCUT2D eigenvalue weighted by atomic mass is 15.2. The molecular formula is C10H25N. The minimum atomic E-state index is 0. The molecule has 0 amide bonds. The summed E-state index contributed by atoms with van der Waals surface area (Å²) >= 11 is 0. The number of nitrogens with zero attached hydrogens (tertiary/aromatic N) is 1. The van der Waals surface area contributed by atoms with Gasteiger partial charge in [-0.2, -0.15) is 0 Å². The Bertz CT molecular complexity index is 81.4. The molecule has 0 fully saturated rings. The van der Waals surface area contributed by atoms with E-state index >= 15 is 0 Å². The van der Waals surface area contributed by atoms with Gasteiger partial charge < -0.3 is 0 Å². The van der Waals surface area contributed by atoms with Crippen molar-refractivity contribution in [1.82, 2.24) is 4.90 Å². The molecule has 0 unspecified atom stereocenters. The van der Waals surface area contributed by atoms with Crippen molar-refractivity contribution in [3.8, 4) is 0 Å². The molecule has 0 aromatic rings. The van der Waals surface area contributed by atoms with Crippen LogP contribution in [-0.4, -0.2) is 23.5 Å². The maximum atomic E-state index is 2.49. The van der Waals surface area contributed by atoms with Crippen molar-refractivity contribution in [2.75, 3.05) is 13.1 Å². The van der Waals surface area contributed by atoms with E-state index in [0.29, 0.717) is 5.54 Å². The van der Waals surface area contributed by atoms with Crippen LogP contribution in [0.2, 0.25) is 0 Å². The molecule has 0 N–H and O–H groups in total. The molecule has 0 radical (unpaired) electrons. The first-order valence-electron chi connectivity index (χ1n) is 4.27. The van der Waals surface area contributed by atoms with Crippen LogP contribution in [-0.2, 0) is 0 Å². The van der Waals surface area contributed by atoms with E-state index in [1.807, 2.05) is 0 Å². The van der Waals surface area contributed by atoms with Crippen LogP contribution in [0.25, 0.3) is 0 Å². The first kappa shape index (κ1) is 13.5. The standard InChI is InChI=1S/C9H21N.CH4/c1-6-8-10(7-2)9(3,4)5;/h6-8H2,1-5H3;1H4. The smallest absolute Gasteiger partial charge is 0.0124 e. The molecule has 11 heavy (non-hydrogen) atoms. The molecule has 1 nitrogen and oxygen atoms in total. The lowest BCUT2D eigenvalue weighted by molar-refractivity contribution is 0.145. The summed E-state index contributed by atoms with van der Waals surface area (Å²) in [6.45, 7) is 13.6. The largest absolute Gasteiger partial charge is 0.299 e. The van der Waals surface area contributed by atoms with Crippen molar-refractivity contribution in [3.63, 3.8) is 0 Å². The Morgan fingerprint density at radius 2 is 1.55 bits per heavy atom. The molecule has 0 aromatic carbocycles. The van der Waals surface area contributed by atoms with Crippen LogP contribution in [0.4, 0.5) is 0 Å². The third-order valence-electron chi connectivity index (χ3n) is 1.82. The van der Waals surface area contributed by atoms with Crippen molar-refractivity contribution >= 4 is 0 Å². The van der Waals surface area contributed by atoms with Crippen LogP contribution >= 0.6 is 0 Å². The van der Waals surface area contributed by atoms with E-state index in [9.17, 15) is 0 Å². The Morgan fingerprint density at radius 3 is 1.64 bits per heavy atom. The summed E-state index contributed by atoms with van der Waals surface area (Å²) in [6.07, 6.45) is 1.26. The molecule has 0 bridgehead atoms. The fourth-order valence-electron chi connectivity index (χ4n) is 1.24. The second-order valence-corrected chi connectivity index (χ2v) is 3.75. The van der Waals surface area contributed by atoms with E-state index in [1.54, 1.807) is 0 Å². The minimum absolute atomic E-state index is 0. The molecule has 0 spiro atoms. The van der Waals surface area contributed by atoms with Crippen molar-refractivity contribution in [2.24, 2.45) is 0 Å². The van der Waals surface area contributed by atoms with Crippen LogP contribution < -0.4 is 0 Å². The highest BCUT2D eigenvalue weighted by molar-refractivity contribution is 4.74. The summed E-state index contributed by atoms with van der Waals surface area (Å²) in [6, 6.07) is 0. The van der Waals surface area contributed by atoms with Crippen molar-refractivity contribution in [1.29, 1.82) is 0 Å². The molecule has 0 aliphatic heterocycles. The summed E-state index contributed by atoms with van der Waals surface area (Å²) in [5.74, 6) is 0. The Kier molecular flexibility index (Phi) is 6.88. The van der Waals surface area contributed by atoms with Gasteiger partial charge in [0, 0.05) is 5.54 Å². The van der Waals surface area contributed by atoms with Gasteiger partial charge in [0.25, 0.3) is 0 Å². The van der Waals surface area contributed by atoms with Gasteiger partial charge in [-0.15, -0.1) is 0 Å². The van der Waals surface area contributed by atoms with Crippen molar-refractivity contribution < 1.29 is 0 Å². The molecule has 0 rings (SSSR count). The Labute approximate surface area is 72.8 Å². The second kappa shape index (κ2) is 5.59. The lowest BCUT2D eigenvalue weighted by Crippen LogP contribution is -2.41. The molecule has 1 heteroatoms. The predicted molar refractivity (Wildman–Crippen MR) is 54.0 cm³/mol. The van der Waals surface area contributed by atoms with Gasteiger partial charge >= 0.3 is 0 Å². The minimum Gasteiger partial charge on any atom is -0.299 e. The maximum absolute atomic E-state index is 2.49. The SMILES string of the molecule is C.CCCN(CC)C(C)(C)C. The third kappa shape index (κ3) is 5.25. The zero-order chi connectivity index (χ0) is 8.20. The van der Waals surface area contributed by atoms with E-state index in [2.05, 4.69) is 39.5 Å². The Morgan fingerprint density at radius 1 is 1.09 bits per heavy atom. The Hall–Kier alpha value is -0.0400. The summed E-state index contributed by atoms with van der Waals surface area (Å²) in [5, 5.41) is 0. The lowest BCUT2D eigenvalue weighted by Gasteiger charge is -2.34. The van der Waals surface area contributed by atoms with Crippen LogP contribution in [0.15, 0.2) is 0 Å². The average molecular weight is 159 g/mol. The molecule has 0 aliphatic carbocycles. The van der Waals surface area contributed by atoms with Gasteiger partial charge in [-0.25, -0.2) is 0 Å². The lowest BCUT2D eigenvalue weighted by atomic mass is 10.1. The van der Waals surface area contributed by atoms with E-state index in [-0.39, 0.29) is 7.43 Å². The highest BCUT2D eigenvalue weighted by Gasteiger charge is 2.17. The first-order chi connectivity index (χ1) is 4.52. The number of rotatable bonds is 3.